The van der Waals surface area contributed by atoms with E-state index < -0.39 is 0 Å². The summed E-state index contributed by atoms with van der Waals surface area (Å²) in [5, 5.41) is 3.60. The van der Waals surface area contributed by atoms with E-state index in [1.165, 1.54) is 26.2 Å². The second kappa shape index (κ2) is 11.1. The minimum Gasteiger partial charge on any atom is -0.497 e. The summed E-state index contributed by atoms with van der Waals surface area (Å²) in [5.74, 6) is 2.31. The van der Waals surface area contributed by atoms with Crippen LogP contribution >= 0.6 is 0 Å². The van der Waals surface area contributed by atoms with Crippen molar-refractivity contribution < 1.29 is 9.47 Å². The molecular weight excluding hydrogens is 364 g/mol. The highest BCUT2D eigenvalue weighted by molar-refractivity contribution is 5.40. The maximum Gasteiger partial charge on any atom is 0.130 e. The Labute approximate surface area is 174 Å². The molecule has 0 amide bonds. The molecular formula is C23H34N4O2. The van der Waals surface area contributed by atoms with Crippen LogP contribution in [-0.2, 0) is 13.2 Å². The van der Waals surface area contributed by atoms with Crippen LogP contribution in [0.4, 0.5) is 0 Å². The molecule has 0 aliphatic carbocycles. The van der Waals surface area contributed by atoms with Crippen molar-refractivity contribution in [2.45, 2.75) is 20.1 Å². The zero-order valence-electron chi connectivity index (χ0n) is 17.9. The fourth-order valence-corrected chi connectivity index (χ4v) is 3.59. The molecule has 2 aromatic rings. The van der Waals surface area contributed by atoms with E-state index in [4.69, 9.17) is 9.47 Å². The van der Waals surface area contributed by atoms with E-state index in [9.17, 15) is 0 Å². The van der Waals surface area contributed by atoms with Gasteiger partial charge in [-0.15, -0.1) is 0 Å². The van der Waals surface area contributed by atoms with Gasteiger partial charge in [-0.1, -0.05) is 13.0 Å². The third-order valence-electron chi connectivity index (χ3n) is 5.34. The monoisotopic (exact) mass is 398 g/mol. The van der Waals surface area contributed by atoms with Crippen molar-refractivity contribution >= 4 is 0 Å². The molecule has 1 aliphatic rings. The van der Waals surface area contributed by atoms with Crippen LogP contribution in [0.2, 0.25) is 0 Å². The molecule has 6 nitrogen and oxygen atoms in total. The lowest BCUT2D eigenvalue weighted by atomic mass is 10.1. The normalized spacial score (nSPS) is 16.5. The molecule has 0 radical (unpaired) electrons. The standard InChI is InChI=1S/C23H34N4O2/c1-19(17-27-12-10-26(2)11-13-27)15-24-16-20-14-22(28-3)7-8-23(20)29-18-21-6-4-5-9-25-21/h4-9,14,19,24H,10-13,15-18H2,1-3H3. The number of hydrogen-bond acceptors (Lipinski definition) is 6. The fraction of sp³-hybridized carbons (Fsp3) is 0.522. The maximum atomic E-state index is 6.04. The second-order valence-corrected chi connectivity index (χ2v) is 7.92. The first-order valence-corrected chi connectivity index (χ1v) is 10.5. The van der Waals surface area contributed by atoms with Crippen molar-refractivity contribution in [2.24, 2.45) is 5.92 Å². The Morgan fingerprint density at radius 1 is 1.14 bits per heavy atom. The third-order valence-corrected chi connectivity index (χ3v) is 5.34. The average molecular weight is 399 g/mol. The van der Waals surface area contributed by atoms with Gasteiger partial charge in [-0.25, -0.2) is 0 Å². The Balaban J connectivity index is 1.50. The largest absolute Gasteiger partial charge is 0.497 e. The first kappa shape index (κ1) is 21.6. The number of likely N-dealkylation sites (N-methyl/N-ethyl adjacent to an activating group) is 1. The molecule has 1 N–H and O–H groups in total. The van der Waals surface area contributed by atoms with Crippen LogP contribution < -0.4 is 14.8 Å². The third kappa shape index (κ3) is 6.99. The number of pyridine rings is 1. The summed E-state index contributed by atoms with van der Waals surface area (Å²) in [6.45, 7) is 10.3. The van der Waals surface area contributed by atoms with E-state index in [1.807, 2.05) is 36.4 Å². The van der Waals surface area contributed by atoms with Crippen LogP contribution in [0.25, 0.3) is 0 Å². The van der Waals surface area contributed by atoms with E-state index in [2.05, 4.69) is 34.1 Å². The lowest BCUT2D eigenvalue weighted by molar-refractivity contribution is 0.138. The van der Waals surface area contributed by atoms with Crippen molar-refractivity contribution in [2.75, 3.05) is 53.4 Å². The number of rotatable bonds is 10. The Hall–Kier alpha value is -2.15. The molecule has 6 heteroatoms. The van der Waals surface area contributed by atoms with Gasteiger partial charge in [0.05, 0.1) is 12.8 Å². The topological polar surface area (TPSA) is 49.9 Å². The minimum absolute atomic E-state index is 0.458. The van der Waals surface area contributed by atoms with Crippen LogP contribution in [0.15, 0.2) is 42.6 Å². The molecule has 1 aromatic heterocycles. The number of hydrogen-bond donors (Lipinski definition) is 1. The number of ether oxygens (including phenoxy) is 2. The van der Waals surface area contributed by atoms with E-state index in [0.29, 0.717) is 12.5 Å². The van der Waals surface area contributed by atoms with Gasteiger partial charge in [-0.05, 0) is 49.8 Å². The lowest BCUT2D eigenvalue weighted by Crippen LogP contribution is -2.46. The average Bonchev–Trinajstić information content (AvgIpc) is 2.75. The second-order valence-electron chi connectivity index (χ2n) is 7.92. The van der Waals surface area contributed by atoms with Gasteiger partial charge in [0.1, 0.15) is 18.1 Å². The number of nitrogens with one attached hydrogen (secondary N) is 1. The van der Waals surface area contributed by atoms with Gasteiger partial charge >= 0.3 is 0 Å². The Morgan fingerprint density at radius 3 is 2.69 bits per heavy atom. The van der Waals surface area contributed by atoms with Gasteiger partial charge in [0.15, 0.2) is 0 Å². The Bertz CT molecular complexity index is 733. The predicted octanol–water partition coefficient (Wildman–Crippen LogP) is 2.64. The van der Waals surface area contributed by atoms with Crippen LogP contribution in [0.3, 0.4) is 0 Å². The number of nitrogens with zero attached hydrogens (tertiary/aromatic N) is 3. The molecule has 158 valence electrons. The smallest absolute Gasteiger partial charge is 0.130 e. The van der Waals surface area contributed by atoms with E-state index >= 15 is 0 Å². The van der Waals surface area contributed by atoms with Gasteiger partial charge < -0.3 is 24.6 Å². The summed E-state index contributed by atoms with van der Waals surface area (Å²) in [7, 11) is 3.89. The molecule has 29 heavy (non-hydrogen) atoms. The van der Waals surface area contributed by atoms with Crippen molar-refractivity contribution in [3.05, 3.63) is 53.9 Å². The highest BCUT2D eigenvalue weighted by Gasteiger charge is 2.16. The number of methoxy groups -OCH3 is 1. The molecule has 1 unspecified atom stereocenters. The zero-order valence-corrected chi connectivity index (χ0v) is 17.9. The molecule has 0 saturated carbocycles. The summed E-state index contributed by atoms with van der Waals surface area (Å²) in [6.07, 6.45) is 1.79. The van der Waals surface area contributed by atoms with Gasteiger partial charge in [0.25, 0.3) is 0 Å². The molecule has 1 saturated heterocycles. The van der Waals surface area contributed by atoms with Gasteiger partial charge in [0.2, 0.25) is 0 Å². The Kier molecular flexibility index (Phi) is 8.28. The molecule has 3 rings (SSSR count). The predicted molar refractivity (Wildman–Crippen MR) is 116 cm³/mol. The van der Waals surface area contributed by atoms with Crippen LogP contribution in [0.5, 0.6) is 11.5 Å². The summed E-state index contributed by atoms with van der Waals surface area (Å²) in [4.78, 5) is 9.30. The molecule has 1 aromatic carbocycles. The van der Waals surface area contributed by atoms with Crippen molar-refractivity contribution in [1.82, 2.24) is 20.1 Å². The van der Waals surface area contributed by atoms with E-state index in [0.717, 1.165) is 42.4 Å². The zero-order chi connectivity index (χ0) is 20.5. The minimum atomic E-state index is 0.458. The molecule has 2 heterocycles. The molecule has 0 bridgehead atoms. The SMILES string of the molecule is COc1ccc(OCc2ccccn2)c(CNCC(C)CN2CCN(C)CC2)c1. The highest BCUT2D eigenvalue weighted by atomic mass is 16.5. The lowest BCUT2D eigenvalue weighted by Gasteiger charge is -2.34. The summed E-state index contributed by atoms with van der Waals surface area (Å²) in [6, 6.07) is 11.8. The summed E-state index contributed by atoms with van der Waals surface area (Å²) < 4.78 is 11.4. The van der Waals surface area contributed by atoms with Crippen molar-refractivity contribution in [3.63, 3.8) is 0 Å². The van der Waals surface area contributed by atoms with E-state index in [1.54, 1.807) is 13.3 Å². The first-order chi connectivity index (χ1) is 14.1. The highest BCUT2D eigenvalue weighted by Crippen LogP contribution is 2.25. The number of aromatic nitrogens is 1. The molecule has 1 fully saturated rings. The van der Waals surface area contributed by atoms with Gasteiger partial charge in [0, 0.05) is 51.0 Å². The number of benzene rings is 1. The first-order valence-electron chi connectivity index (χ1n) is 10.5. The quantitative estimate of drug-likeness (QED) is 0.664. The number of piperazine rings is 1. The molecule has 1 aliphatic heterocycles. The van der Waals surface area contributed by atoms with Crippen molar-refractivity contribution in [3.8, 4) is 11.5 Å². The van der Waals surface area contributed by atoms with Crippen LogP contribution in [0, 0.1) is 5.92 Å². The molecule has 1 atom stereocenters. The van der Waals surface area contributed by atoms with Crippen LogP contribution in [0.1, 0.15) is 18.2 Å². The Morgan fingerprint density at radius 2 is 1.97 bits per heavy atom. The summed E-state index contributed by atoms with van der Waals surface area (Å²) >= 11 is 0. The van der Waals surface area contributed by atoms with E-state index in [-0.39, 0.29) is 0 Å². The fourth-order valence-electron chi connectivity index (χ4n) is 3.59. The van der Waals surface area contributed by atoms with Crippen molar-refractivity contribution in [1.29, 1.82) is 0 Å². The van der Waals surface area contributed by atoms with Gasteiger partial charge in [-0.3, -0.25) is 4.98 Å². The molecule has 0 spiro atoms. The van der Waals surface area contributed by atoms with Crippen LogP contribution in [-0.4, -0.2) is 68.2 Å². The van der Waals surface area contributed by atoms with Gasteiger partial charge in [-0.2, -0.15) is 0 Å². The maximum absolute atomic E-state index is 6.04. The summed E-state index contributed by atoms with van der Waals surface area (Å²) in [5.41, 5.74) is 2.02.